The summed E-state index contributed by atoms with van der Waals surface area (Å²) in [4.78, 5) is 0.0651. The molecule has 0 aliphatic heterocycles. The summed E-state index contributed by atoms with van der Waals surface area (Å²) in [5.74, 6) is -4.38. The molecule has 0 atom stereocenters. The number of aromatic nitrogens is 2. The zero-order valence-electron chi connectivity index (χ0n) is 13.9. The second-order valence-electron chi connectivity index (χ2n) is 5.57. The number of hydrogen-bond acceptors (Lipinski definition) is 5. The second kappa shape index (κ2) is 7.23. The molecule has 10 heteroatoms. The van der Waals surface area contributed by atoms with E-state index in [-0.39, 0.29) is 22.2 Å². The highest BCUT2D eigenvalue weighted by molar-refractivity contribution is 7.92. The summed E-state index contributed by atoms with van der Waals surface area (Å²) in [6.07, 6.45) is 0. The molecule has 0 amide bonds. The molecule has 0 spiro atoms. The molecule has 0 aliphatic rings. The third-order valence-electron chi connectivity index (χ3n) is 3.50. The van der Waals surface area contributed by atoms with Crippen LogP contribution < -0.4 is 10.0 Å². The van der Waals surface area contributed by atoms with Crippen LogP contribution in [0.5, 0.6) is 0 Å². The summed E-state index contributed by atoms with van der Waals surface area (Å²) < 4.78 is 66.7. The number of benzene rings is 2. The maximum Gasteiger partial charge on any atom is 0.263 e. The SMILES string of the molecule is Cc1cccc(S(=O)(=O)Nc2ccc(Nc3ccc(F)c(F)c3F)nn2)c1. The van der Waals surface area contributed by atoms with Gasteiger partial charge in [-0.25, -0.2) is 21.6 Å². The van der Waals surface area contributed by atoms with E-state index >= 15 is 0 Å². The number of nitrogens with one attached hydrogen (secondary N) is 2. The van der Waals surface area contributed by atoms with Crippen LogP contribution in [0.4, 0.5) is 30.5 Å². The number of sulfonamides is 1. The van der Waals surface area contributed by atoms with E-state index in [1.165, 1.54) is 24.3 Å². The zero-order chi connectivity index (χ0) is 19.6. The van der Waals surface area contributed by atoms with Crippen LogP contribution >= 0.6 is 0 Å². The minimum absolute atomic E-state index is 0.0124. The van der Waals surface area contributed by atoms with Gasteiger partial charge in [0.1, 0.15) is 0 Å². The van der Waals surface area contributed by atoms with E-state index in [1.54, 1.807) is 19.1 Å². The molecule has 3 rings (SSSR count). The van der Waals surface area contributed by atoms with E-state index in [1.807, 2.05) is 0 Å². The molecule has 1 aromatic heterocycles. The molecule has 6 nitrogen and oxygen atoms in total. The first-order chi connectivity index (χ1) is 12.8. The largest absolute Gasteiger partial charge is 0.336 e. The van der Waals surface area contributed by atoms with Gasteiger partial charge in [-0.15, -0.1) is 10.2 Å². The minimum atomic E-state index is -3.85. The fourth-order valence-corrected chi connectivity index (χ4v) is 3.29. The molecule has 0 fully saturated rings. The zero-order valence-corrected chi connectivity index (χ0v) is 14.7. The Morgan fingerprint density at radius 1 is 0.889 bits per heavy atom. The molecule has 0 saturated heterocycles. The summed E-state index contributed by atoms with van der Waals surface area (Å²) in [5.41, 5.74) is 0.438. The Hall–Kier alpha value is -3.14. The van der Waals surface area contributed by atoms with Crippen LogP contribution in [0.15, 0.2) is 53.4 Å². The van der Waals surface area contributed by atoms with Crippen LogP contribution in [0.25, 0.3) is 0 Å². The third-order valence-corrected chi connectivity index (χ3v) is 4.85. The van der Waals surface area contributed by atoms with E-state index in [0.717, 1.165) is 17.7 Å². The van der Waals surface area contributed by atoms with Gasteiger partial charge in [0.15, 0.2) is 29.1 Å². The van der Waals surface area contributed by atoms with E-state index in [9.17, 15) is 21.6 Å². The van der Waals surface area contributed by atoms with Crippen LogP contribution in [0.1, 0.15) is 5.56 Å². The Morgan fingerprint density at radius 3 is 2.26 bits per heavy atom. The highest BCUT2D eigenvalue weighted by Crippen LogP contribution is 2.23. The van der Waals surface area contributed by atoms with Crippen molar-refractivity contribution in [3.63, 3.8) is 0 Å². The molecular formula is C17H13F3N4O2S. The van der Waals surface area contributed by atoms with E-state index in [4.69, 9.17) is 0 Å². The summed E-state index contributed by atoms with van der Waals surface area (Å²) in [6, 6.07) is 10.7. The molecule has 0 radical (unpaired) electrons. The van der Waals surface area contributed by atoms with Gasteiger partial charge in [0, 0.05) is 0 Å². The minimum Gasteiger partial charge on any atom is -0.336 e. The fraction of sp³-hybridized carbons (Fsp3) is 0.0588. The lowest BCUT2D eigenvalue weighted by molar-refractivity contribution is 0.449. The van der Waals surface area contributed by atoms with Crippen molar-refractivity contribution in [2.45, 2.75) is 11.8 Å². The van der Waals surface area contributed by atoms with Gasteiger partial charge in [0.25, 0.3) is 10.0 Å². The van der Waals surface area contributed by atoms with E-state index in [0.29, 0.717) is 0 Å². The Bertz CT molecular complexity index is 1090. The average molecular weight is 394 g/mol. The molecule has 27 heavy (non-hydrogen) atoms. The van der Waals surface area contributed by atoms with Gasteiger partial charge in [-0.05, 0) is 48.9 Å². The molecule has 0 aliphatic carbocycles. The Morgan fingerprint density at radius 2 is 1.59 bits per heavy atom. The molecule has 2 aromatic carbocycles. The standard InChI is InChI=1S/C17H13F3N4O2S/c1-10-3-2-4-11(9-10)27(25,26)24-15-8-7-14(22-23-15)21-13-6-5-12(18)16(19)17(13)20/h2-9H,1H3,(H,21,22)(H,23,24). The molecule has 0 bridgehead atoms. The van der Waals surface area contributed by atoms with Gasteiger partial charge in [-0.3, -0.25) is 4.72 Å². The Balaban J connectivity index is 1.77. The van der Waals surface area contributed by atoms with Crippen molar-refractivity contribution in [1.82, 2.24) is 10.2 Å². The molecule has 1 heterocycles. The number of halogens is 3. The molecular weight excluding hydrogens is 381 g/mol. The number of rotatable bonds is 5. The van der Waals surface area contributed by atoms with Crippen molar-refractivity contribution >= 4 is 27.3 Å². The molecule has 140 valence electrons. The van der Waals surface area contributed by atoms with Crippen molar-refractivity contribution in [2.75, 3.05) is 10.0 Å². The monoisotopic (exact) mass is 394 g/mol. The van der Waals surface area contributed by atoms with Gasteiger partial charge < -0.3 is 5.32 Å². The quantitative estimate of drug-likeness (QED) is 0.644. The molecule has 3 aromatic rings. The predicted octanol–water partition coefficient (Wildman–Crippen LogP) is 3.75. The van der Waals surface area contributed by atoms with Crippen molar-refractivity contribution in [1.29, 1.82) is 0 Å². The fourth-order valence-electron chi connectivity index (χ4n) is 2.19. The number of aryl methyl sites for hydroxylation is 1. The second-order valence-corrected chi connectivity index (χ2v) is 7.26. The van der Waals surface area contributed by atoms with Crippen LogP contribution in [-0.2, 0) is 10.0 Å². The molecule has 0 saturated carbocycles. The van der Waals surface area contributed by atoms with Crippen LogP contribution in [0.3, 0.4) is 0 Å². The summed E-state index contributed by atoms with van der Waals surface area (Å²) in [5, 5.41) is 9.81. The first-order valence-electron chi connectivity index (χ1n) is 7.60. The van der Waals surface area contributed by atoms with E-state index < -0.39 is 27.5 Å². The predicted molar refractivity (Wildman–Crippen MR) is 93.6 cm³/mol. The Kier molecular flexibility index (Phi) is 5.00. The maximum atomic E-state index is 13.7. The van der Waals surface area contributed by atoms with Gasteiger partial charge >= 0.3 is 0 Å². The number of nitrogens with zero attached hydrogens (tertiary/aromatic N) is 2. The summed E-state index contributed by atoms with van der Waals surface area (Å²) in [6.45, 7) is 1.76. The lowest BCUT2D eigenvalue weighted by Gasteiger charge is -2.09. The smallest absolute Gasteiger partial charge is 0.263 e. The normalized spacial score (nSPS) is 11.3. The van der Waals surface area contributed by atoms with Gasteiger partial charge in [-0.1, -0.05) is 12.1 Å². The van der Waals surface area contributed by atoms with Gasteiger partial charge in [0.05, 0.1) is 10.6 Å². The van der Waals surface area contributed by atoms with E-state index in [2.05, 4.69) is 20.2 Å². The lowest BCUT2D eigenvalue weighted by atomic mass is 10.2. The van der Waals surface area contributed by atoms with Gasteiger partial charge in [-0.2, -0.15) is 0 Å². The number of anilines is 3. The summed E-state index contributed by atoms with van der Waals surface area (Å²) >= 11 is 0. The average Bonchev–Trinajstić information content (AvgIpc) is 2.63. The highest BCUT2D eigenvalue weighted by atomic mass is 32.2. The molecule has 2 N–H and O–H groups in total. The maximum absolute atomic E-state index is 13.7. The van der Waals surface area contributed by atoms with Crippen molar-refractivity contribution in [2.24, 2.45) is 0 Å². The summed E-state index contributed by atoms with van der Waals surface area (Å²) in [7, 11) is -3.85. The third kappa shape index (κ3) is 4.17. The van der Waals surface area contributed by atoms with Crippen molar-refractivity contribution in [3.05, 3.63) is 71.5 Å². The van der Waals surface area contributed by atoms with Crippen LogP contribution in [0, 0.1) is 24.4 Å². The Labute approximate surface area is 153 Å². The lowest BCUT2D eigenvalue weighted by Crippen LogP contribution is -2.14. The first-order valence-corrected chi connectivity index (χ1v) is 9.08. The van der Waals surface area contributed by atoms with Gasteiger partial charge in [0.2, 0.25) is 0 Å². The molecule has 0 unspecified atom stereocenters. The topological polar surface area (TPSA) is 84.0 Å². The van der Waals surface area contributed by atoms with Crippen LogP contribution in [0.2, 0.25) is 0 Å². The van der Waals surface area contributed by atoms with Crippen molar-refractivity contribution in [3.8, 4) is 0 Å². The highest BCUT2D eigenvalue weighted by Gasteiger charge is 2.16. The number of hydrogen-bond donors (Lipinski definition) is 2. The first kappa shape index (κ1) is 18.6. The van der Waals surface area contributed by atoms with Crippen molar-refractivity contribution < 1.29 is 21.6 Å². The van der Waals surface area contributed by atoms with Crippen LogP contribution in [-0.4, -0.2) is 18.6 Å².